The molecule has 104 valence electrons. The molecule has 0 aliphatic rings. The van der Waals surface area contributed by atoms with E-state index in [4.69, 9.17) is 5.11 Å². The van der Waals surface area contributed by atoms with Crippen molar-refractivity contribution < 1.29 is 19.8 Å². The third-order valence-corrected chi connectivity index (χ3v) is 2.28. The number of phenols is 1. The van der Waals surface area contributed by atoms with Crippen molar-refractivity contribution in [3.05, 3.63) is 29.8 Å². The molecule has 5 N–H and O–H groups in total. The number of rotatable bonds is 6. The highest BCUT2D eigenvalue weighted by molar-refractivity contribution is 5.97. The van der Waals surface area contributed by atoms with E-state index in [1.807, 2.05) is 0 Å². The van der Waals surface area contributed by atoms with E-state index in [2.05, 4.69) is 16.2 Å². The number of aromatic hydroxyl groups is 1. The predicted molar refractivity (Wildman–Crippen MR) is 68.3 cm³/mol. The lowest BCUT2D eigenvalue weighted by Crippen LogP contribution is -2.42. The summed E-state index contributed by atoms with van der Waals surface area (Å²) in [7, 11) is 0. The van der Waals surface area contributed by atoms with Gasteiger partial charge in [0.05, 0.1) is 12.2 Å². The van der Waals surface area contributed by atoms with Crippen LogP contribution in [0.25, 0.3) is 0 Å². The van der Waals surface area contributed by atoms with Crippen molar-refractivity contribution in [2.45, 2.75) is 6.42 Å². The second-order valence-electron chi connectivity index (χ2n) is 3.74. The molecule has 7 nitrogen and oxygen atoms in total. The van der Waals surface area contributed by atoms with Crippen LogP contribution in [0.2, 0.25) is 0 Å². The highest BCUT2D eigenvalue weighted by Crippen LogP contribution is 2.14. The standard InChI is InChI=1S/C12H17N3O4/c16-8-7-13-6-5-11(18)14-15-12(19)9-3-1-2-4-10(9)17/h1-4,13,16-17H,5-8H2,(H,14,18)(H,15,19). The van der Waals surface area contributed by atoms with Crippen LogP contribution in [0.3, 0.4) is 0 Å². The first-order valence-corrected chi connectivity index (χ1v) is 5.84. The van der Waals surface area contributed by atoms with Crippen molar-refractivity contribution in [2.24, 2.45) is 0 Å². The maximum Gasteiger partial charge on any atom is 0.273 e. The number of carbonyl (C=O) groups is 2. The Bertz CT molecular complexity index is 437. The molecule has 0 aromatic heterocycles. The van der Waals surface area contributed by atoms with Gasteiger partial charge in [0.15, 0.2) is 0 Å². The number of aliphatic hydroxyl groups is 1. The summed E-state index contributed by atoms with van der Waals surface area (Å²) in [5, 5.41) is 20.8. The molecule has 0 atom stereocenters. The molecule has 19 heavy (non-hydrogen) atoms. The molecule has 0 fully saturated rings. The SMILES string of the molecule is O=C(CCNCCO)NNC(=O)c1ccccc1O. The number of carbonyl (C=O) groups excluding carboxylic acids is 2. The molecule has 7 heteroatoms. The van der Waals surface area contributed by atoms with E-state index in [-0.39, 0.29) is 30.2 Å². The van der Waals surface area contributed by atoms with Gasteiger partial charge in [-0.15, -0.1) is 0 Å². The molecule has 0 saturated heterocycles. The van der Waals surface area contributed by atoms with Gasteiger partial charge in [-0.1, -0.05) is 12.1 Å². The van der Waals surface area contributed by atoms with Crippen LogP contribution >= 0.6 is 0 Å². The lowest BCUT2D eigenvalue weighted by molar-refractivity contribution is -0.121. The molecule has 0 heterocycles. The number of amides is 2. The van der Waals surface area contributed by atoms with Crippen molar-refractivity contribution >= 4 is 11.8 Å². The highest BCUT2D eigenvalue weighted by Gasteiger charge is 2.10. The van der Waals surface area contributed by atoms with Crippen LogP contribution in [0.4, 0.5) is 0 Å². The molecular weight excluding hydrogens is 250 g/mol. The zero-order valence-electron chi connectivity index (χ0n) is 10.3. The minimum Gasteiger partial charge on any atom is -0.507 e. The average Bonchev–Trinajstić information content (AvgIpc) is 2.41. The minimum atomic E-state index is -0.588. The number of nitrogens with one attached hydrogen (secondary N) is 3. The van der Waals surface area contributed by atoms with Gasteiger partial charge in [0.1, 0.15) is 5.75 Å². The number of phenolic OH excluding ortho intramolecular Hbond substituents is 1. The summed E-state index contributed by atoms with van der Waals surface area (Å²) in [5.41, 5.74) is 4.52. The van der Waals surface area contributed by atoms with Gasteiger partial charge >= 0.3 is 0 Å². The molecule has 1 aromatic carbocycles. The van der Waals surface area contributed by atoms with Crippen molar-refractivity contribution in [3.63, 3.8) is 0 Å². The number of hydrogen-bond acceptors (Lipinski definition) is 5. The topological polar surface area (TPSA) is 111 Å². The quantitative estimate of drug-likeness (QED) is 0.340. The van der Waals surface area contributed by atoms with Crippen LogP contribution in [-0.4, -0.2) is 41.7 Å². The molecule has 2 amide bonds. The zero-order chi connectivity index (χ0) is 14.1. The summed E-state index contributed by atoms with van der Waals surface area (Å²) in [6.07, 6.45) is 0.168. The molecule has 0 saturated carbocycles. The van der Waals surface area contributed by atoms with E-state index in [1.54, 1.807) is 12.1 Å². The third-order valence-electron chi connectivity index (χ3n) is 2.28. The molecule has 1 rings (SSSR count). The van der Waals surface area contributed by atoms with Gasteiger partial charge in [0, 0.05) is 19.5 Å². The molecule has 0 aliphatic heterocycles. The Kier molecular flexibility index (Phi) is 6.34. The van der Waals surface area contributed by atoms with Gasteiger partial charge in [0.2, 0.25) is 5.91 Å². The van der Waals surface area contributed by atoms with Crippen LogP contribution in [0.15, 0.2) is 24.3 Å². The van der Waals surface area contributed by atoms with E-state index in [9.17, 15) is 14.7 Å². The van der Waals surface area contributed by atoms with Gasteiger partial charge in [-0.2, -0.15) is 0 Å². The lowest BCUT2D eigenvalue weighted by atomic mass is 10.2. The number of benzene rings is 1. The smallest absolute Gasteiger partial charge is 0.273 e. The normalized spacial score (nSPS) is 9.95. The minimum absolute atomic E-state index is 0.00559. The van der Waals surface area contributed by atoms with Crippen molar-refractivity contribution in [1.29, 1.82) is 0 Å². The van der Waals surface area contributed by atoms with E-state index >= 15 is 0 Å². The van der Waals surface area contributed by atoms with Crippen molar-refractivity contribution in [2.75, 3.05) is 19.7 Å². The maximum atomic E-state index is 11.6. The fourth-order valence-corrected chi connectivity index (χ4v) is 1.33. The monoisotopic (exact) mass is 267 g/mol. The Labute approximate surface area is 110 Å². The van der Waals surface area contributed by atoms with Crippen LogP contribution in [0.5, 0.6) is 5.75 Å². The molecule has 0 radical (unpaired) electrons. The Morgan fingerprint density at radius 1 is 1.11 bits per heavy atom. The zero-order valence-corrected chi connectivity index (χ0v) is 10.3. The fourth-order valence-electron chi connectivity index (χ4n) is 1.33. The summed E-state index contributed by atoms with van der Waals surface area (Å²) in [5.74, 6) is -1.11. The number of aliphatic hydroxyl groups excluding tert-OH is 1. The highest BCUT2D eigenvalue weighted by atomic mass is 16.3. The first kappa shape index (κ1) is 14.9. The van der Waals surface area contributed by atoms with Gasteiger partial charge in [-0.05, 0) is 12.1 Å². The predicted octanol–water partition coefficient (Wildman–Crippen LogP) is -0.875. The maximum absolute atomic E-state index is 11.6. The van der Waals surface area contributed by atoms with Crippen LogP contribution < -0.4 is 16.2 Å². The summed E-state index contributed by atoms with van der Waals surface area (Å²) in [6, 6.07) is 6.03. The Balaban J connectivity index is 2.30. The molecule has 0 bridgehead atoms. The molecular formula is C12H17N3O4. The summed E-state index contributed by atoms with van der Waals surface area (Å²) < 4.78 is 0. The van der Waals surface area contributed by atoms with Gasteiger partial charge in [-0.3, -0.25) is 20.4 Å². The van der Waals surface area contributed by atoms with Gasteiger partial charge in [-0.25, -0.2) is 0 Å². The van der Waals surface area contributed by atoms with Crippen LogP contribution in [0.1, 0.15) is 16.8 Å². The Morgan fingerprint density at radius 3 is 2.53 bits per heavy atom. The van der Waals surface area contributed by atoms with E-state index < -0.39 is 5.91 Å². The second-order valence-corrected chi connectivity index (χ2v) is 3.74. The van der Waals surface area contributed by atoms with Crippen molar-refractivity contribution in [1.82, 2.24) is 16.2 Å². The largest absolute Gasteiger partial charge is 0.507 e. The number of para-hydroxylation sites is 1. The summed E-state index contributed by atoms with van der Waals surface area (Å²) in [6.45, 7) is 0.821. The van der Waals surface area contributed by atoms with Gasteiger partial charge < -0.3 is 15.5 Å². The van der Waals surface area contributed by atoms with E-state index in [1.165, 1.54) is 12.1 Å². The second kappa shape index (κ2) is 8.06. The Morgan fingerprint density at radius 2 is 1.84 bits per heavy atom. The van der Waals surface area contributed by atoms with Gasteiger partial charge in [0.25, 0.3) is 5.91 Å². The van der Waals surface area contributed by atoms with Crippen LogP contribution in [0, 0.1) is 0 Å². The van der Waals surface area contributed by atoms with E-state index in [0.29, 0.717) is 13.1 Å². The molecule has 0 aliphatic carbocycles. The summed E-state index contributed by atoms with van der Waals surface area (Å²) >= 11 is 0. The van der Waals surface area contributed by atoms with Crippen LogP contribution in [-0.2, 0) is 4.79 Å². The Hall–Kier alpha value is -2.12. The summed E-state index contributed by atoms with van der Waals surface area (Å²) in [4.78, 5) is 22.9. The molecule has 1 aromatic rings. The average molecular weight is 267 g/mol. The third kappa shape index (κ3) is 5.36. The van der Waals surface area contributed by atoms with E-state index in [0.717, 1.165) is 0 Å². The van der Waals surface area contributed by atoms with Crippen molar-refractivity contribution in [3.8, 4) is 5.75 Å². The number of hydrogen-bond donors (Lipinski definition) is 5. The lowest BCUT2D eigenvalue weighted by Gasteiger charge is -2.08. The fraction of sp³-hybridized carbons (Fsp3) is 0.333. The molecule has 0 spiro atoms. The first-order chi connectivity index (χ1) is 9.15. The first-order valence-electron chi connectivity index (χ1n) is 5.84. The molecule has 0 unspecified atom stereocenters. The number of hydrazine groups is 1.